The fraction of sp³-hybridized carbons (Fsp3) is 0.357. The molecule has 0 saturated heterocycles. The van der Waals surface area contributed by atoms with Crippen molar-refractivity contribution in [3.05, 3.63) is 29.9 Å². The number of nitrogens with one attached hydrogen (secondary N) is 1. The van der Waals surface area contributed by atoms with Gasteiger partial charge in [0, 0.05) is 13.1 Å². The number of carbonyl (C=O) groups excluding carboxylic acids is 2. The summed E-state index contributed by atoms with van der Waals surface area (Å²) in [5, 5.41) is 6.67. The van der Waals surface area contributed by atoms with Crippen molar-refractivity contribution in [2.75, 3.05) is 14.2 Å². The fourth-order valence-corrected chi connectivity index (χ4v) is 1.79. The van der Waals surface area contributed by atoms with Gasteiger partial charge in [0.25, 0.3) is 5.91 Å². The van der Waals surface area contributed by atoms with Crippen molar-refractivity contribution in [2.24, 2.45) is 0 Å². The Balaban J connectivity index is 0.00000264. The second kappa shape index (κ2) is 8.37. The number of aryl methyl sites for hydroxylation is 2. The largest absolute Gasteiger partial charge is 1.00 e. The standard InChI is InChI=1S/C14H16N4O4.BrH/c1-9-12(13(20)15-2)22-14(17-9)10-4-6-18(16-8-10)7-5-11(19)21-3;/h4,6,8H,5,7H2,1-3H3;1H. The predicted molar refractivity (Wildman–Crippen MR) is 74.7 cm³/mol. The van der Waals surface area contributed by atoms with Gasteiger partial charge >= 0.3 is 5.97 Å². The van der Waals surface area contributed by atoms with E-state index in [2.05, 4.69) is 20.1 Å². The third kappa shape index (κ3) is 4.59. The molecule has 0 fully saturated rings. The molecule has 2 rings (SSSR count). The van der Waals surface area contributed by atoms with E-state index in [9.17, 15) is 9.59 Å². The van der Waals surface area contributed by atoms with Crippen LogP contribution in [0.3, 0.4) is 0 Å². The van der Waals surface area contributed by atoms with Crippen LogP contribution in [0.4, 0.5) is 0 Å². The maximum atomic E-state index is 11.6. The summed E-state index contributed by atoms with van der Waals surface area (Å²) in [6.45, 7) is 2.12. The lowest BCUT2D eigenvalue weighted by Gasteiger charge is -1.96. The van der Waals surface area contributed by atoms with Crippen LogP contribution in [0.5, 0.6) is 0 Å². The highest BCUT2D eigenvalue weighted by Gasteiger charge is 2.18. The van der Waals surface area contributed by atoms with Crippen LogP contribution in [-0.4, -0.2) is 36.1 Å². The summed E-state index contributed by atoms with van der Waals surface area (Å²) >= 11 is 0. The lowest BCUT2D eigenvalue weighted by molar-refractivity contribution is -0.752. The molecule has 0 atom stereocenters. The first-order chi connectivity index (χ1) is 10.5. The number of rotatable bonds is 5. The van der Waals surface area contributed by atoms with Gasteiger partial charge in [-0.3, -0.25) is 9.59 Å². The topological polar surface area (TPSA) is 98.2 Å². The molecule has 124 valence electrons. The molecular formula is C14H17BrN4O4. The molecule has 0 aliphatic rings. The van der Waals surface area contributed by atoms with Crippen molar-refractivity contribution in [3.63, 3.8) is 0 Å². The monoisotopic (exact) mass is 384 g/mol. The Morgan fingerprint density at radius 3 is 2.74 bits per heavy atom. The SMILES string of the molecule is CNC(=O)c1oc(-c2cc[n+](CCC(=O)OC)nc2)nc1C.[Br-]. The van der Waals surface area contributed by atoms with Crippen LogP contribution in [0.1, 0.15) is 22.7 Å². The van der Waals surface area contributed by atoms with Crippen LogP contribution in [0.2, 0.25) is 0 Å². The Morgan fingerprint density at radius 2 is 2.17 bits per heavy atom. The number of esters is 1. The molecule has 0 spiro atoms. The van der Waals surface area contributed by atoms with Crippen molar-refractivity contribution in [2.45, 2.75) is 19.9 Å². The Morgan fingerprint density at radius 1 is 1.43 bits per heavy atom. The van der Waals surface area contributed by atoms with E-state index in [1.54, 1.807) is 30.1 Å². The van der Waals surface area contributed by atoms with Crippen LogP contribution in [0, 0.1) is 6.92 Å². The number of ether oxygens (including phenoxy) is 1. The minimum absolute atomic E-state index is 0. The number of aromatic nitrogens is 3. The number of nitrogens with zero attached hydrogens (tertiary/aromatic N) is 3. The number of carbonyl (C=O) groups is 2. The minimum Gasteiger partial charge on any atom is -1.00 e. The first kappa shape index (κ1) is 18.8. The van der Waals surface area contributed by atoms with Crippen LogP contribution < -0.4 is 27.0 Å². The smallest absolute Gasteiger partial charge is 0.312 e. The molecule has 1 amide bonds. The van der Waals surface area contributed by atoms with Gasteiger partial charge in [-0.2, -0.15) is 0 Å². The van der Waals surface area contributed by atoms with E-state index >= 15 is 0 Å². The van der Waals surface area contributed by atoms with E-state index in [4.69, 9.17) is 4.42 Å². The Hall–Kier alpha value is -2.29. The molecule has 0 aromatic carbocycles. The van der Waals surface area contributed by atoms with Crippen molar-refractivity contribution in [3.8, 4) is 11.5 Å². The van der Waals surface area contributed by atoms with Gasteiger partial charge in [-0.1, -0.05) is 4.68 Å². The summed E-state index contributed by atoms with van der Waals surface area (Å²) in [6, 6.07) is 1.75. The number of hydrogen-bond acceptors (Lipinski definition) is 6. The van der Waals surface area contributed by atoms with Crippen LogP contribution in [0.15, 0.2) is 22.9 Å². The van der Waals surface area contributed by atoms with E-state index < -0.39 is 0 Å². The lowest BCUT2D eigenvalue weighted by Crippen LogP contribution is -3.00. The maximum absolute atomic E-state index is 11.6. The quantitative estimate of drug-likeness (QED) is 0.443. The van der Waals surface area contributed by atoms with Gasteiger partial charge in [-0.05, 0) is 12.0 Å². The fourth-order valence-electron chi connectivity index (χ4n) is 1.79. The molecule has 0 bridgehead atoms. The predicted octanol–water partition coefficient (Wildman–Crippen LogP) is -2.74. The molecule has 0 saturated carbocycles. The summed E-state index contributed by atoms with van der Waals surface area (Å²) in [4.78, 5) is 26.9. The van der Waals surface area contributed by atoms with E-state index in [0.717, 1.165) is 0 Å². The number of halogens is 1. The van der Waals surface area contributed by atoms with Gasteiger partial charge in [0.1, 0.15) is 12.6 Å². The summed E-state index contributed by atoms with van der Waals surface area (Å²) in [6.07, 6.45) is 3.51. The minimum atomic E-state index is -0.326. The van der Waals surface area contributed by atoms with Gasteiger partial charge in [0.15, 0.2) is 12.7 Å². The van der Waals surface area contributed by atoms with Crippen molar-refractivity contribution < 1.29 is 40.4 Å². The molecule has 8 nitrogen and oxygen atoms in total. The number of hydrogen-bond donors (Lipinski definition) is 1. The highest BCUT2D eigenvalue weighted by molar-refractivity contribution is 5.92. The Labute approximate surface area is 143 Å². The van der Waals surface area contributed by atoms with Gasteiger partial charge in [-0.25, -0.2) is 4.98 Å². The molecule has 2 aromatic heterocycles. The molecule has 9 heteroatoms. The molecule has 0 unspecified atom stereocenters. The average Bonchev–Trinajstić information content (AvgIpc) is 2.94. The molecule has 0 aliphatic heterocycles. The zero-order valence-corrected chi connectivity index (χ0v) is 14.6. The van der Waals surface area contributed by atoms with Crippen LogP contribution >= 0.6 is 0 Å². The summed E-state index contributed by atoms with van der Waals surface area (Å²) in [7, 11) is 2.87. The molecule has 23 heavy (non-hydrogen) atoms. The molecule has 0 aliphatic carbocycles. The van der Waals surface area contributed by atoms with Crippen molar-refractivity contribution >= 4 is 11.9 Å². The summed E-state index contributed by atoms with van der Waals surface area (Å²) in [5.41, 5.74) is 1.16. The second-order valence-corrected chi connectivity index (χ2v) is 4.52. The van der Waals surface area contributed by atoms with Crippen molar-refractivity contribution in [1.29, 1.82) is 0 Å². The molecule has 0 radical (unpaired) electrons. The Kier molecular flexibility index (Phi) is 6.83. The zero-order chi connectivity index (χ0) is 16.1. The average molecular weight is 385 g/mol. The third-order valence-electron chi connectivity index (χ3n) is 3.02. The van der Waals surface area contributed by atoms with E-state index in [1.807, 2.05) is 0 Å². The first-order valence-corrected chi connectivity index (χ1v) is 6.67. The normalized spacial score (nSPS) is 9.87. The van der Waals surface area contributed by atoms with E-state index in [0.29, 0.717) is 23.7 Å². The molecule has 2 heterocycles. The third-order valence-corrected chi connectivity index (χ3v) is 3.02. The summed E-state index contributed by atoms with van der Waals surface area (Å²) < 4.78 is 11.6. The van der Waals surface area contributed by atoms with Crippen LogP contribution in [0.25, 0.3) is 11.5 Å². The van der Waals surface area contributed by atoms with Gasteiger partial charge in [0.2, 0.25) is 11.7 Å². The van der Waals surface area contributed by atoms with E-state index in [-0.39, 0.29) is 41.0 Å². The first-order valence-electron chi connectivity index (χ1n) is 6.67. The summed E-state index contributed by atoms with van der Waals surface area (Å²) in [5.74, 6) is -0.117. The highest BCUT2D eigenvalue weighted by Crippen LogP contribution is 2.20. The number of methoxy groups -OCH3 is 1. The molecular weight excluding hydrogens is 368 g/mol. The molecule has 2 aromatic rings. The second-order valence-electron chi connectivity index (χ2n) is 4.52. The maximum Gasteiger partial charge on any atom is 0.312 e. The van der Waals surface area contributed by atoms with Crippen LogP contribution in [-0.2, 0) is 16.1 Å². The number of oxazole rings is 1. The number of amides is 1. The zero-order valence-electron chi connectivity index (χ0n) is 13.0. The molecule has 1 N–H and O–H groups in total. The van der Waals surface area contributed by atoms with Gasteiger partial charge in [0.05, 0.1) is 18.4 Å². The van der Waals surface area contributed by atoms with Crippen molar-refractivity contribution in [1.82, 2.24) is 15.4 Å². The Bertz CT molecular complexity index is 685. The lowest BCUT2D eigenvalue weighted by atomic mass is 10.3. The van der Waals surface area contributed by atoms with Gasteiger partial charge < -0.3 is 31.5 Å². The highest BCUT2D eigenvalue weighted by atomic mass is 79.9. The van der Waals surface area contributed by atoms with Gasteiger partial charge in [-0.15, -0.1) is 0 Å². The van der Waals surface area contributed by atoms with E-state index in [1.165, 1.54) is 14.2 Å².